The van der Waals surface area contributed by atoms with Crippen LogP contribution in [0.15, 0.2) is 23.1 Å². The smallest absolute Gasteiger partial charge is 0.341 e. The average Bonchev–Trinajstić information content (AvgIpc) is 2.54. The number of nitrogens with one attached hydrogen (secondary N) is 1. The second-order valence-electron chi connectivity index (χ2n) is 5.39. The molecule has 0 saturated heterocycles. The van der Waals surface area contributed by atoms with Crippen molar-refractivity contribution in [1.29, 1.82) is 0 Å². The maximum absolute atomic E-state index is 12.0. The second kappa shape index (κ2) is 6.92. The molecule has 0 radical (unpaired) electrons. The van der Waals surface area contributed by atoms with Crippen LogP contribution in [0.25, 0.3) is 11.3 Å². The lowest BCUT2D eigenvalue weighted by molar-refractivity contribution is 0.0695. The fraction of sp³-hybridized carbons (Fsp3) is 0.312. The van der Waals surface area contributed by atoms with E-state index in [1.807, 2.05) is 24.9 Å². The van der Waals surface area contributed by atoms with Crippen molar-refractivity contribution >= 4 is 24.2 Å². The molecule has 0 bridgehead atoms. The van der Waals surface area contributed by atoms with Gasteiger partial charge in [-0.15, -0.1) is 12.4 Å². The number of carbonyl (C=O) groups is 1. The molecule has 3 rings (SSSR count). The summed E-state index contributed by atoms with van der Waals surface area (Å²) < 4.78 is 5.63. The van der Waals surface area contributed by atoms with E-state index in [4.69, 9.17) is 9.84 Å². The first kappa shape index (κ1) is 17.8. The highest BCUT2D eigenvalue weighted by atomic mass is 35.5. The van der Waals surface area contributed by atoms with Gasteiger partial charge in [-0.05, 0) is 24.1 Å². The monoisotopic (exact) mass is 351 g/mol. The van der Waals surface area contributed by atoms with Gasteiger partial charge in [-0.3, -0.25) is 4.79 Å². The van der Waals surface area contributed by atoms with Crippen LogP contribution in [0.1, 0.15) is 22.8 Å². The minimum Gasteiger partial charge on any atom is -0.488 e. The van der Waals surface area contributed by atoms with E-state index < -0.39 is 11.5 Å². The molecule has 3 heterocycles. The van der Waals surface area contributed by atoms with Gasteiger partial charge in [0.2, 0.25) is 0 Å². The van der Waals surface area contributed by atoms with Gasteiger partial charge in [0.05, 0.1) is 12.2 Å². The highest BCUT2D eigenvalue weighted by Gasteiger charge is 2.19. The first-order chi connectivity index (χ1) is 11.0. The minimum absolute atomic E-state index is 0. The van der Waals surface area contributed by atoms with Crippen molar-refractivity contribution < 1.29 is 14.6 Å². The molecule has 7 nitrogen and oxygen atoms in total. The van der Waals surface area contributed by atoms with Crippen molar-refractivity contribution in [2.45, 2.75) is 13.3 Å². The highest BCUT2D eigenvalue weighted by Crippen LogP contribution is 2.32. The fourth-order valence-electron chi connectivity index (χ4n) is 2.63. The van der Waals surface area contributed by atoms with Gasteiger partial charge < -0.3 is 19.7 Å². The Labute approximate surface area is 144 Å². The molecule has 0 saturated carbocycles. The van der Waals surface area contributed by atoms with Crippen molar-refractivity contribution in [2.24, 2.45) is 0 Å². The lowest BCUT2D eigenvalue weighted by Crippen LogP contribution is -2.29. The molecule has 0 aromatic carbocycles. The lowest BCUT2D eigenvalue weighted by Gasteiger charge is -2.26. The van der Waals surface area contributed by atoms with Crippen molar-refractivity contribution in [2.75, 3.05) is 25.1 Å². The number of aromatic nitrogens is 2. The van der Waals surface area contributed by atoms with Gasteiger partial charge in [0.25, 0.3) is 5.56 Å². The number of anilines is 1. The maximum Gasteiger partial charge on any atom is 0.341 e. The van der Waals surface area contributed by atoms with Crippen LogP contribution in [-0.4, -0.2) is 41.2 Å². The molecule has 2 N–H and O–H groups in total. The fourth-order valence-corrected chi connectivity index (χ4v) is 2.63. The first-order valence-electron chi connectivity index (χ1n) is 7.35. The van der Waals surface area contributed by atoms with Crippen LogP contribution < -0.4 is 15.2 Å². The van der Waals surface area contributed by atoms with Gasteiger partial charge in [0.15, 0.2) is 11.6 Å². The number of aromatic amines is 1. The molecule has 2 aromatic heterocycles. The van der Waals surface area contributed by atoms with Gasteiger partial charge in [-0.1, -0.05) is 6.92 Å². The van der Waals surface area contributed by atoms with Crippen LogP contribution in [0.2, 0.25) is 0 Å². The molecule has 0 spiro atoms. The van der Waals surface area contributed by atoms with Crippen molar-refractivity contribution in [3.05, 3.63) is 39.8 Å². The highest BCUT2D eigenvalue weighted by molar-refractivity contribution is 5.88. The van der Waals surface area contributed by atoms with E-state index in [2.05, 4.69) is 9.97 Å². The van der Waals surface area contributed by atoms with Crippen LogP contribution in [0.4, 0.5) is 5.82 Å². The molecule has 24 heavy (non-hydrogen) atoms. The van der Waals surface area contributed by atoms with Gasteiger partial charge >= 0.3 is 5.97 Å². The Morgan fingerprint density at radius 2 is 2.21 bits per heavy atom. The SMILES string of the molecule is CCc1cc(C(=O)O)c(=O)[nH]c1-c1cnc2c(c1)OCCN2C.Cl. The van der Waals surface area contributed by atoms with Crippen molar-refractivity contribution in [3.63, 3.8) is 0 Å². The zero-order valence-corrected chi connectivity index (χ0v) is 14.1. The number of nitrogens with zero attached hydrogens (tertiary/aromatic N) is 2. The summed E-state index contributed by atoms with van der Waals surface area (Å²) in [5, 5.41) is 9.08. The number of hydrogen-bond acceptors (Lipinski definition) is 5. The summed E-state index contributed by atoms with van der Waals surface area (Å²) >= 11 is 0. The van der Waals surface area contributed by atoms with Crippen LogP contribution in [0.3, 0.4) is 0 Å². The second-order valence-corrected chi connectivity index (χ2v) is 5.39. The maximum atomic E-state index is 12.0. The number of aryl methyl sites for hydroxylation is 1. The number of rotatable bonds is 3. The van der Waals surface area contributed by atoms with Crippen molar-refractivity contribution in [1.82, 2.24) is 9.97 Å². The Balaban J connectivity index is 0.00000208. The van der Waals surface area contributed by atoms with E-state index in [-0.39, 0.29) is 18.0 Å². The standard InChI is InChI=1S/C16H17N3O4.ClH/c1-3-9-6-11(16(21)22)15(20)18-13(9)10-7-12-14(17-8-10)19(2)4-5-23-12;/h6-8H,3-5H2,1-2H3,(H,18,20)(H,21,22);1H. The molecular weight excluding hydrogens is 334 g/mol. The number of hydrogen-bond donors (Lipinski definition) is 2. The third-order valence-electron chi connectivity index (χ3n) is 3.90. The number of H-pyrrole nitrogens is 1. The van der Waals surface area contributed by atoms with E-state index in [1.54, 1.807) is 6.20 Å². The molecule has 0 amide bonds. The number of halogens is 1. The Bertz CT molecular complexity index is 835. The largest absolute Gasteiger partial charge is 0.488 e. The number of pyridine rings is 2. The van der Waals surface area contributed by atoms with Gasteiger partial charge in [-0.25, -0.2) is 9.78 Å². The molecule has 0 unspecified atom stereocenters. The number of ether oxygens (including phenoxy) is 1. The van der Waals surface area contributed by atoms with E-state index >= 15 is 0 Å². The molecule has 1 aliphatic heterocycles. The van der Waals surface area contributed by atoms with Gasteiger partial charge in [-0.2, -0.15) is 0 Å². The summed E-state index contributed by atoms with van der Waals surface area (Å²) in [6.07, 6.45) is 2.25. The summed E-state index contributed by atoms with van der Waals surface area (Å²) in [4.78, 5) is 32.1. The average molecular weight is 352 g/mol. The zero-order valence-electron chi connectivity index (χ0n) is 13.3. The third-order valence-corrected chi connectivity index (χ3v) is 3.90. The quantitative estimate of drug-likeness (QED) is 0.877. The van der Waals surface area contributed by atoms with E-state index in [0.717, 1.165) is 17.9 Å². The molecular formula is C16H18ClN3O4. The summed E-state index contributed by atoms with van der Waals surface area (Å²) in [6.45, 7) is 3.24. The topological polar surface area (TPSA) is 95.5 Å². The normalized spacial score (nSPS) is 12.8. The number of carboxylic acids is 1. The van der Waals surface area contributed by atoms with Crippen LogP contribution >= 0.6 is 12.4 Å². The zero-order chi connectivity index (χ0) is 16.6. The van der Waals surface area contributed by atoms with Gasteiger partial charge in [0, 0.05) is 18.8 Å². The van der Waals surface area contributed by atoms with Crippen LogP contribution in [0.5, 0.6) is 5.75 Å². The summed E-state index contributed by atoms with van der Waals surface area (Å²) in [5.41, 5.74) is 1.14. The Morgan fingerprint density at radius 3 is 2.88 bits per heavy atom. The third kappa shape index (κ3) is 3.07. The van der Waals surface area contributed by atoms with Crippen molar-refractivity contribution in [3.8, 4) is 17.0 Å². The molecule has 0 atom stereocenters. The molecule has 8 heteroatoms. The first-order valence-corrected chi connectivity index (χ1v) is 7.35. The lowest BCUT2D eigenvalue weighted by atomic mass is 10.0. The molecule has 0 aliphatic carbocycles. The predicted molar refractivity (Wildman–Crippen MR) is 92.6 cm³/mol. The summed E-state index contributed by atoms with van der Waals surface area (Å²) in [7, 11) is 1.94. The van der Waals surface area contributed by atoms with E-state index in [1.165, 1.54) is 6.07 Å². The van der Waals surface area contributed by atoms with E-state index in [9.17, 15) is 9.59 Å². The number of aromatic carboxylic acids is 1. The Morgan fingerprint density at radius 1 is 1.46 bits per heavy atom. The summed E-state index contributed by atoms with van der Waals surface area (Å²) in [6, 6.07) is 3.24. The predicted octanol–water partition coefficient (Wildman–Crippen LogP) is 1.95. The minimum atomic E-state index is -1.24. The van der Waals surface area contributed by atoms with E-state index in [0.29, 0.717) is 30.0 Å². The van der Waals surface area contributed by atoms with Gasteiger partial charge in [0.1, 0.15) is 12.2 Å². The molecule has 128 valence electrons. The Hall–Kier alpha value is -2.54. The number of fused-ring (bicyclic) bond motifs is 1. The summed E-state index contributed by atoms with van der Waals surface area (Å²) in [5.74, 6) is 0.171. The number of carboxylic acid groups (broad SMARTS) is 1. The molecule has 2 aromatic rings. The Kier molecular flexibility index (Phi) is 5.14. The van der Waals surface area contributed by atoms with Crippen LogP contribution in [0, 0.1) is 0 Å². The molecule has 1 aliphatic rings. The van der Waals surface area contributed by atoms with Crippen LogP contribution in [-0.2, 0) is 6.42 Å². The number of likely N-dealkylation sites (N-methyl/N-ethyl adjacent to an activating group) is 1. The molecule has 0 fully saturated rings.